The van der Waals surface area contributed by atoms with Gasteiger partial charge in [0.25, 0.3) is 5.91 Å². The fraction of sp³-hybridized carbons (Fsp3) is 0.462. The van der Waals surface area contributed by atoms with Crippen molar-refractivity contribution >= 4 is 37.8 Å². The summed E-state index contributed by atoms with van der Waals surface area (Å²) in [5.74, 6) is -0.0841. The zero-order chi connectivity index (χ0) is 15.6. The summed E-state index contributed by atoms with van der Waals surface area (Å²) in [6, 6.07) is 0. The van der Waals surface area contributed by atoms with Crippen LogP contribution in [0.1, 0.15) is 30.0 Å². The lowest BCUT2D eigenvalue weighted by atomic mass is 10.3. The molecule has 0 N–H and O–H groups in total. The van der Waals surface area contributed by atoms with E-state index in [1.807, 2.05) is 24.7 Å². The van der Waals surface area contributed by atoms with Gasteiger partial charge in [-0.3, -0.25) is 14.2 Å². The summed E-state index contributed by atoms with van der Waals surface area (Å²) in [5.41, 5.74) is 1.40. The highest BCUT2D eigenvalue weighted by molar-refractivity contribution is 9.10. The smallest absolute Gasteiger partial charge is 0.273 e. The van der Waals surface area contributed by atoms with Gasteiger partial charge in [0.05, 0.1) is 27.4 Å². The van der Waals surface area contributed by atoms with Crippen molar-refractivity contribution in [2.24, 2.45) is 0 Å². The molecule has 6 nitrogen and oxygen atoms in total. The number of aromatic nitrogens is 4. The molecule has 0 atom stereocenters. The van der Waals surface area contributed by atoms with Crippen molar-refractivity contribution in [3.63, 3.8) is 0 Å². The molecule has 0 aliphatic carbocycles. The Labute approximate surface area is 140 Å². The molecule has 1 amide bonds. The Hall–Kier alpha value is -1.15. The van der Waals surface area contributed by atoms with Crippen LogP contribution in [0.3, 0.4) is 0 Å². The number of carbonyl (C=O) groups is 1. The minimum atomic E-state index is -0.0841. The van der Waals surface area contributed by atoms with E-state index in [4.69, 9.17) is 0 Å². The largest absolute Gasteiger partial charge is 0.334 e. The third-order valence-corrected chi connectivity index (χ3v) is 4.38. The van der Waals surface area contributed by atoms with E-state index in [9.17, 15) is 4.79 Å². The Morgan fingerprint density at radius 3 is 2.57 bits per heavy atom. The van der Waals surface area contributed by atoms with Crippen molar-refractivity contribution in [1.82, 2.24) is 24.5 Å². The van der Waals surface area contributed by atoms with E-state index >= 15 is 0 Å². The maximum atomic E-state index is 12.6. The average molecular weight is 419 g/mol. The van der Waals surface area contributed by atoms with E-state index in [1.165, 1.54) is 0 Å². The van der Waals surface area contributed by atoms with E-state index < -0.39 is 0 Å². The molecule has 21 heavy (non-hydrogen) atoms. The summed E-state index contributed by atoms with van der Waals surface area (Å²) in [5, 5.41) is 8.61. The molecule has 0 bridgehead atoms. The van der Waals surface area contributed by atoms with Crippen molar-refractivity contribution in [3.8, 4) is 0 Å². The Balaban J connectivity index is 2.19. The first-order valence-corrected chi connectivity index (χ1v) is 8.25. The fourth-order valence-corrected chi connectivity index (χ4v) is 2.91. The van der Waals surface area contributed by atoms with Gasteiger partial charge in [0.2, 0.25) is 0 Å². The molecule has 0 aromatic carbocycles. The number of carbonyl (C=O) groups excluding carboxylic acids is 1. The van der Waals surface area contributed by atoms with Gasteiger partial charge in [0.15, 0.2) is 0 Å². The van der Waals surface area contributed by atoms with E-state index in [2.05, 4.69) is 42.1 Å². The molecule has 0 unspecified atom stereocenters. The highest BCUT2D eigenvalue weighted by Gasteiger charge is 2.21. The maximum Gasteiger partial charge on any atom is 0.273 e. The number of nitrogens with zero attached hydrogens (tertiary/aromatic N) is 5. The average Bonchev–Trinajstić information content (AvgIpc) is 3.01. The van der Waals surface area contributed by atoms with Crippen LogP contribution in [0.4, 0.5) is 0 Å². The Bertz CT molecular complexity index is 649. The predicted molar refractivity (Wildman–Crippen MR) is 87.0 cm³/mol. The standard InChI is InChI=1S/C13H17Br2N5O/c1-4-19-7-10(15)11(17-19)8-18(3)13(21)12-9(14)6-16-20(12)5-2/h6-7H,4-5,8H2,1-3H3. The molecule has 8 heteroatoms. The number of hydrogen-bond acceptors (Lipinski definition) is 3. The number of aryl methyl sites for hydroxylation is 2. The zero-order valence-corrected chi connectivity index (χ0v) is 15.3. The Kier molecular flexibility index (Phi) is 5.21. The lowest BCUT2D eigenvalue weighted by Crippen LogP contribution is -2.29. The fourth-order valence-electron chi connectivity index (χ4n) is 2.00. The quantitative estimate of drug-likeness (QED) is 0.749. The molecule has 2 aromatic heterocycles. The van der Waals surface area contributed by atoms with Crippen molar-refractivity contribution in [1.29, 1.82) is 0 Å². The molecule has 0 saturated heterocycles. The van der Waals surface area contributed by atoms with Crippen LogP contribution >= 0.6 is 31.9 Å². The molecule has 2 rings (SSSR count). The van der Waals surface area contributed by atoms with Crippen LogP contribution in [-0.2, 0) is 19.6 Å². The summed E-state index contributed by atoms with van der Waals surface area (Å²) in [7, 11) is 1.76. The predicted octanol–water partition coefficient (Wildman–Crippen LogP) is 2.92. The molecule has 114 valence electrons. The van der Waals surface area contributed by atoms with Crippen molar-refractivity contribution in [2.45, 2.75) is 33.5 Å². The van der Waals surface area contributed by atoms with Crippen LogP contribution < -0.4 is 0 Å². The highest BCUT2D eigenvalue weighted by atomic mass is 79.9. The van der Waals surface area contributed by atoms with Crippen LogP contribution in [0, 0.1) is 0 Å². The molecule has 0 radical (unpaired) electrons. The Morgan fingerprint density at radius 1 is 1.29 bits per heavy atom. The second kappa shape index (κ2) is 6.74. The van der Waals surface area contributed by atoms with Crippen molar-refractivity contribution < 1.29 is 4.79 Å². The minimum Gasteiger partial charge on any atom is -0.334 e. The summed E-state index contributed by atoms with van der Waals surface area (Å²) in [6.45, 7) is 5.86. The molecule has 2 aromatic rings. The SMILES string of the molecule is CCn1cc(Br)c(CN(C)C(=O)c2c(Br)cnn2CC)n1. The highest BCUT2D eigenvalue weighted by Crippen LogP contribution is 2.20. The molecule has 0 fully saturated rings. The van der Waals surface area contributed by atoms with E-state index in [-0.39, 0.29) is 5.91 Å². The van der Waals surface area contributed by atoms with Gasteiger partial charge in [-0.25, -0.2) is 0 Å². The molecular formula is C13H17Br2N5O. The summed E-state index contributed by atoms with van der Waals surface area (Å²) >= 11 is 6.86. The van der Waals surface area contributed by atoms with E-state index in [1.54, 1.807) is 22.8 Å². The maximum absolute atomic E-state index is 12.6. The third kappa shape index (κ3) is 3.37. The van der Waals surface area contributed by atoms with Gasteiger partial charge in [0, 0.05) is 26.3 Å². The molecule has 0 aliphatic heterocycles. The molecule has 2 heterocycles. The van der Waals surface area contributed by atoms with Crippen LogP contribution in [-0.4, -0.2) is 37.4 Å². The first-order chi connectivity index (χ1) is 9.97. The number of halogens is 2. The van der Waals surface area contributed by atoms with Gasteiger partial charge >= 0.3 is 0 Å². The van der Waals surface area contributed by atoms with Gasteiger partial charge in [-0.15, -0.1) is 0 Å². The topological polar surface area (TPSA) is 56.0 Å². The van der Waals surface area contributed by atoms with Crippen LogP contribution in [0.15, 0.2) is 21.3 Å². The minimum absolute atomic E-state index is 0.0841. The number of amides is 1. The van der Waals surface area contributed by atoms with Crippen LogP contribution in [0.5, 0.6) is 0 Å². The van der Waals surface area contributed by atoms with Gasteiger partial charge in [-0.2, -0.15) is 10.2 Å². The normalized spacial score (nSPS) is 10.9. The van der Waals surface area contributed by atoms with Gasteiger partial charge in [-0.1, -0.05) is 0 Å². The zero-order valence-electron chi connectivity index (χ0n) is 12.2. The van der Waals surface area contributed by atoms with Crippen LogP contribution in [0.2, 0.25) is 0 Å². The van der Waals surface area contributed by atoms with Crippen molar-refractivity contribution in [3.05, 3.63) is 32.7 Å². The molecule has 0 aliphatic rings. The van der Waals surface area contributed by atoms with Crippen LogP contribution in [0.25, 0.3) is 0 Å². The van der Waals surface area contributed by atoms with Gasteiger partial charge < -0.3 is 4.90 Å². The van der Waals surface area contributed by atoms with Crippen molar-refractivity contribution in [2.75, 3.05) is 7.05 Å². The van der Waals surface area contributed by atoms with Gasteiger partial charge in [0.1, 0.15) is 5.69 Å². The first kappa shape index (κ1) is 16.2. The first-order valence-electron chi connectivity index (χ1n) is 6.66. The monoisotopic (exact) mass is 417 g/mol. The molecule has 0 saturated carbocycles. The second-order valence-corrected chi connectivity index (χ2v) is 6.31. The third-order valence-electron chi connectivity index (χ3n) is 3.14. The Morgan fingerprint density at radius 2 is 2.00 bits per heavy atom. The second-order valence-electron chi connectivity index (χ2n) is 4.60. The molecular weight excluding hydrogens is 402 g/mol. The van der Waals surface area contributed by atoms with E-state index in [0.717, 1.165) is 16.7 Å². The summed E-state index contributed by atoms with van der Waals surface area (Å²) < 4.78 is 5.14. The number of hydrogen-bond donors (Lipinski definition) is 0. The summed E-state index contributed by atoms with van der Waals surface area (Å²) in [6.07, 6.45) is 3.56. The number of rotatable bonds is 5. The van der Waals surface area contributed by atoms with E-state index in [0.29, 0.717) is 23.3 Å². The lowest BCUT2D eigenvalue weighted by molar-refractivity contribution is 0.0769. The summed E-state index contributed by atoms with van der Waals surface area (Å²) in [4.78, 5) is 14.2. The molecule has 0 spiro atoms. The van der Waals surface area contributed by atoms with Gasteiger partial charge in [-0.05, 0) is 45.7 Å². The lowest BCUT2D eigenvalue weighted by Gasteiger charge is -2.17.